The van der Waals surface area contributed by atoms with E-state index in [2.05, 4.69) is 30.7 Å². The number of hydrogen-bond donors (Lipinski definition) is 1. The number of nitrogens with one attached hydrogen (secondary N) is 1. The monoisotopic (exact) mass is 448 g/mol. The Hall–Kier alpha value is -3.42. The summed E-state index contributed by atoms with van der Waals surface area (Å²) >= 11 is 0. The summed E-state index contributed by atoms with van der Waals surface area (Å²) < 4.78 is 10.1. The lowest BCUT2D eigenvalue weighted by Gasteiger charge is -2.38. The predicted octanol–water partition coefficient (Wildman–Crippen LogP) is 3.33. The third kappa shape index (κ3) is 3.63. The number of benzene rings is 1. The lowest BCUT2D eigenvalue weighted by atomic mass is 9.84. The fourth-order valence-electron chi connectivity index (χ4n) is 4.84. The second-order valence-corrected chi connectivity index (χ2v) is 10.1. The van der Waals surface area contributed by atoms with Gasteiger partial charge in [-0.15, -0.1) is 0 Å². The van der Waals surface area contributed by atoms with E-state index in [9.17, 15) is 14.4 Å². The van der Waals surface area contributed by atoms with Crippen LogP contribution in [-0.4, -0.2) is 38.7 Å². The number of pyridine rings is 1. The van der Waals surface area contributed by atoms with Crippen molar-refractivity contribution in [3.05, 3.63) is 46.2 Å². The fourth-order valence-corrected chi connectivity index (χ4v) is 4.84. The van der Waals surface area contributed by atoms with Gasteiger partial charge in [0.25, 0.3) is 0 Å². The quantitative estimate of drug-likeness (QED) is 0.618. The minimum absolute atomic E-state index is 0.000397. The average molecular weight is 449 g/mol. The smallest absolute Gasteiger partial charge is 0.220 e. The van der Waals surface area contributed by atoms with Crippen molar-refractivity contribution in [3.8, 4) is 17.1 Å². The SMILES string of the molecule is CC(=O)c1cn2c(cc1=O)-c1c3cccc(OC[C@H]4CCC(=O)N4)c3nn1CC2C(C)(C)C. The van der Waals surface area contributed by atoms with Gasteiger partial charge < -0.3 is 14.6 Å². The van der Waals surface area contributed by atoms with Gasteiger partial charge in [-0.05, 0) is 24.8 Å². The maximum atomic E-state index is 12.8. The molecule has 1 aromatic carbocycles. The minimum Gasteiger partial charge on any atom is -0.489 e. The standard InChI is InChI=1S/C25H28N4O4/c1-14(30)17-11-28-18(10-19(17)31)24-16-6-5-7-20(33-13-15-8-9-22(32)26-15)23(16)27-29(24)12-21(28)25(2,3)4/h5-7,10-11,15,21H,8-9,12-13H2,1-4H3,(H,26,32)/t15-,21?/m1/s1. The van der Waals surface area contributed by atoms with E-state index in [1.165, 1.54) is 6.92 Å². The molecule has 1 unspecified atom stereocenters. The predicted molar refractivity (Wildman–Crippen MR) is 125 cm³/mol. The van der Waals surface area contributed by atoms with Gasteiger partial charge in [0, 0.05) is 24.1 Å². The van der Waals surface area contributed by atoms with Gasteiger partial charge >= 0.3 is 0 Å². The van der Waals surface area contributed by atoms with Crippen molar-refractivity contribution in [1.82, 2.24) is 19.7 Å². The number of hydrogen-bond acceptors (Lipinski definition) is 5. The molecule has 0 saturated carbocycles. The summed E-state index contributed by atoms with van der Waals surface area (Å²) in [6.45, 7) is 8.85. The third-order valence-corrected chi connectivity index (χ3v) is 6.64. The van der Waals surface area contributed by atoms with Crippen LogP contribution in [0.5, 0.6) is 5.75 Å². The zero-order chi connectivity index (χ0) is 23.5. The Morgan fingerprint density at radius 2 is 2.06 bits per heavy atom. The molecule has 0 aliphatic carbocycles. The van der Waals surface area contributed by atoms with Crippen molar-refractivity contribution in [2.75, 3.05) is 6.61 Å². The van der Waals surface area contributed by atoms with Crippen molar-refractivity contribution in [2.45, 2.75) is 59.2 Å². The maximum Gasteiger partial charge on any atom is 0.220 e. The highest BCUT2D eigenvalue weighted by molar-refractivity contribution is 5.97. The molecular formula is C25H28N4O4. The number of carbonyl (C=O) groups excluding carboxylic acids is 2. The molecular weight excluding hydrogens is 420 g/mol. The molecule has 1 amide bonds. The largest absolute Gasteiger partial charge is 0.489 e. The van der Waals surface area contributed by atoms with Crippen LogP contribution in [0.25, 0.3) is 22.3 Å². The van der Waals surface area contributed by atoms with Crippen LogP contribution in [0.4, 0.5) is 0 Å². The molecule has 0 spiro atoms. The Balaban J connectivity index is 1.63. The molecule has 2 aliphatic heterocycles. The molecule has 2 atom stereocenters. The summed E-state index contributed by atoms with van der Waals surface area (Å²) in [6, 6.07) is 7.33. The molecule has 1 N–H and O–H groups in total. The number of aromatic nitrogens is 3. The average Bonchev–Trinajstić information content (AvgIpc) is 3.33. The van der Waals surface area contributed by atoms with E-state index in [4.69, 9.17) is 9.84 Å². The first kappa shape index (κ1) is 21.4. The fraction of sp³-hybridized carbons (Fsp3) is 0.440. The molecule has 1 fully saturated rings. The highest BCUT2D eigenvalue weighted by atomic mass is 16.5. The van der Waals surface area contributed by atoms with Crippen molar-refractivity contribution in [2.24, 2.45) is 5.41 Å². The molecule has 0 bridgehead atoms. The molecule has 3 aromatic rings. The Morgan fingerprint density at radius 1 is 1.27 bits per heavy atom. The van der Waals surface area contributed by atoms with E-state index < -0.39 is 0 Å². The van der Waals surface area contributed by atoms with Crippen molar-refractivity contribution in [3.63, 3.8) is 0 Å². The summed E-state index contributed by atoms with van der Waals surface area (Å²) in [7, 11) is 0. The highest BCUT2D eigenvalue weighted by Gasteiger charge is 2.35. The van der Waals surface area contributed by atoms with Gasteiger partial charge in [0.05, 0.1) is 35.6 Å². The van der Waals surface area contributed by atoms with Crippen molar-refractivity contribution in [1.29, 1.82) is 0 Å². The minimum atomic E-state index is -0.284. The van der Waals surface area contributed by atoms with Crippen LogP contribution >= 0.6 is 0 Å². The number of rotatable bonds is 4. The molecule has 0 radical (unpaired) electrons. The first-order valence-corrected chi connectivity index (χ1v) is 11.3. The lowest BCUT2D eigenvalue weighted by Crippen LogP contribution is -2.35. The van der Waals surface area contributed by atoms with Crippen LogP contribution in [0, 0.1) is 5.41 Å². The number of carbonyl (C=O) groups is 2. The third-order valence-electron chi connectivity index (χ3n) is 6.64. The van der Waals surface area contributed by atoms with Gasteiger partial charge in [0.2, 0.25) is 5.91 Å². The number of nitrogens with zero attached hydrogens (tertiary/aromatic N) is 3. The number of ketones is 1. The lowest BCUT2D eigenvalue weighted by molar-refractivity contribution is -0.119. The normalized spacial score (nSPS) is 19.8. The van der Waals surface area contributed by atoms with E-state index in [1.54, 1.807) is 12.3 Å². The summed E-state index contributed by atoms with van der Waals surface area (Å²) in [5.74, 6) is 0.471. The van der Waals surface area contributed by atoms with E-state index in [-0.39, 0.29) is 40.2 Å². The zero-order valence-corrected chi connectivity index (χ0v) is 19.3. The van der Waals surface area contributed by atoms with Crippen LogP contribution < -0.4 is 15.5 Å². The molecule has 2 aromatic heterocycles. The summed E-state index contributed by atoms with van der Waals surface area (Å²) in [4.78, 5) is 36.4. The molecule has 1 saturated heterocycles. The summed E-state index contributed by atoms with van der Waals surface area (Å²) in [6.07, 6.45) is 3.00. The number of Topliss-reactive ketones (excluding diaryl/α,β-unsaturated/α-hetero) is 1. The second kappa shape index (κ2) is 7.57. The molecule has 8 nitrogen and oxygen atoms in total. The molecule has 8 heteroatoms. The number of fused-ring (bicyclic) bond motifs is 5. The number of amides is 1. The van der Waals surface area contributed by atoms with E-state index in [0.717, 1.165) is 28.7 Å². The van der Waals surface area contributed by atoms with Gasteiger partial charge in [-0.1, -0.05) is 32.9 Å². The Labute approximate surface area is 191 Å². The molecule has 33 heavy (non-hydrogen) atoms. The second-order valence-electron chi connectivity index (χ2n) is 10.1. The van der Waals surface area contributed by atoms with E-state index in [1.807, 2.05) is 22.9 Å². The van der Waals surface area contributed by atoms with E-state index >= 15 is 0 Å². The Morgan fingerprint density at radius 3 is 2.73 bits per heavy atom. The van der Waals surface area contributed by atoms with Gasteiger partial charge in [-0.3, -0.25) is 19.1 Å². The van der Waals surface area contributed by atoms with Crippen LogP contribution in [0.3, 0.4) is 0 Å². The summed E-state index contributed by atoms with van der Waals surface area (Å²) in [5.41, 5.74) is 2.10. The summed E-state index contributed by atoms with van der Waals surface area (Å²) in [5, 5.41) is 8.70. The van der Waals surface area contributed by atoms with Gasteiger partial charge in [0.15, 0.2) is 11.2 Å². The Kier molecular flexibility index (Phi) is 4.92. The maximum absolute atomic E-state index is 12.8. The van der Waals surface area contributed by atoms with Gasteiger partial charge in [-0.25, -0.2) is 0 Å². The first-order chi connectivity index (χ1) is 15.6. The van der Waals surface area contributed by atoms with Crippen molar-refractivity contribution >= 4 is 22.6 Å². The molecule has 2 aliphatic rings. The van der Waals surface area contributed by atoms with Crippen LogP contribution in [0.15, 0.2) is 35.3 Å². The molecule has 5 rings (SSSR count). The molecule has 4 heterocycles. The highest BCUT2D eigenvalue weighted by Crippen LogP contribution is 2.43. The van der Waals surface area contributed by atoms with Gasteiger partial charge in [-0.2, -0.15) is 5.10 Å². The van der Waals surface area contributed by atoms with Crippen LogP contribution in [-0.2, 0) is 11.3 Å². The Bertz CT molecular complexity index is 1340. The van der Waals surface area contributed by atoms with Crippen molar-refractivity contribution < 1.29 is 14.3 Å². The van der Waals surface area contributed by atoms with E-state index in [0.29, 0.717) is 25.3 Å². The number of ether oxygens (including phenoxy) is 1. The molecule has 172 valence electrons. The van der Waals surface area contributed by atoms with Crippen LogP contribution in [0.2, 0.25) is 0 Å². The van der Waals surface area contributed by atoms with Crippen LogP contribution in [0.1, 0.15) is 56.9 Å². The topological polar surface area (TPSA) is 95.2 Å². The first-order valence-electron chi connectivity index (χ1n) is 11.3. The zero-order valence-electron chi connectivity index (χ0n) is 19.3. The van der Waals surface area contributed by atoms with Gasteiger partial charge in [0.1, 0.15) is 17.9 Å².